The van der Waals surface area contributed by atoms with Crippen LogP contribution in [0.15, 0.2) is 0 Å². The summed E-state index contributed by atoms with van der Waals surface area (Å²) in [7, 11) is 0. The van der Waals surface area contributed by atoms with Gasteiger partial charge in [0.15, 0.2) is 0 Å². The average molecular weight is 318 g/mol. The van der Waals surface area contributed by atoms with Gasteiger partial charge in [-0.3, -0.25) is 19.3 Å². The highest BCUT2D eigenvalue weighted by Gasteiger charge is 2.41. The highest BCUT2D eigenvalue weighted by atomic mass is 35.5. The van der Waals surface area contributed by atoms with Crippen LogP contribution in [0.25, 0.3) is 0 Å². The van der Waals surface area contributed by atoms with Gasteiger partial charge < -0.3 is 11.1 Å². The summed E-state index contributed by atoms with van der Waals surface area (Å²) >= 11 is 0. The van der Waals surface area contributed by atoms with Gasteiger partial charge in [-0.15, -0.1) is 12.4 Å². The third kappa shape index (κ3) is 3.95. The first-order valence-corrected chi connectivity index (χ1v) is 7.31. The summed E-state index contributed by atoms with van der Waals surface area (Å²) in [6.07, 6.45) is 3.39. The van der Waals surface area contributed by atoms with Crippen LogP contribution in [-0.2, 0) is 14.4 Å². The minimum Gasteiger partial charge on any atom is -0.344 e. The van der Waals surface area contributed by atoms with Crippen LogP contribution in [-0.4, -0.2) is 40.7 Å². The quantitative estimate of drug-likeness (QED) is 0.742. The van der Waals surface area contributed by atoms with E-state index < -0.39 is 6.04 Å². The van der Waals surface area contributed by atoms with Gasteiger partial charge in [-0.1, -0.05) is 6.42 Å². The van der Waals surface area contributed by atoms with Crippen molar-refractivity contribution in [2.24, 2.45) is 11.7 Å². The Bertz CT molecular complexity index is 428. The van der Waals surface area contributed by atoms with Gasteiger partial charge in [0.1, 0.15) is 6.04 Å². The summed E-state index contributed by atoms with van der Waals surface area (Å²) in [5.74, 6) is -0.491. The molecule has 0 radical (unpaired) electrons. The molecule has 3 amide bonds. The zero-order valence-electron chi connectivity index (χ0n) is 12.5. The van der Waals surface area contributed by atoms with Crippen molar-refractivity contribution in [1.82, 2.24) is 10.2 Å². The van der Waals surface area contributed by atoms with E-state index >= 15 is 0 Å². The molecule has 0 aromatic rings. The Morgan fingerprint density at radius 1 is 1.38 bits per heavy atom. The average Bonchev–Trinajstić information content (AvgIpc) is 2.84. The second kappa shape index (κ2) is 7.22. The molecular weight excluding hydrogens is 294 g/mol. The molecule has 1 saturated heterocycles. The maximum absolute atomic E-state index is 12.1. The van der Waals surface area contributed by atoms with Crippen molar-refractivity contribution >= 4 is 30.1 Å². The van der Waals surface area contributed by atoms with Crippen LogP contribution in [0.2, 0.25) is 0 Å². The van der Waals surface area contributed by atoms with Crippen molar-refractivity contribution in [2.45, 2.75) is 64.1 Å². The van der Waals surface area contributed by atoms with Crippen molar-refractivity contribution in [3.05, 3.63) is 0 Å². The molecule has 1 saturated carbocycles. The number of likely N-dealkylation sites (tertiary alicyclic amines) is 1. The first-order valence-electron chi connectivity index (χ1n) is 7.31. The zero-order valence-corrected chi connectivity index (χ0v) is 13.3. The van der Waals surface area contributed by atoms with Gasteiger partial charge in [0.25, 0.3) is 5.91 Å². The van der Waals surface area contributed by atoms with E-state index in [9.17, 15) is 14.4 Å². The minimum absolute atomic E-state index is 0. The molecule has 6 nitrogen and oxygen atoms in total. The number of nitrogens with two attached hydrogens (primary N) is 1. The summed E-state index contributed by atoms with van der Waals surface area (Å²) in [4.78, 5) is 37.0. The Hall–Kier alpha value is -1.14. The fraction of sp³-hybridized carbons (Fsp3) is 0.786. The Labute approximate surface area is 131 Å². The number of nitrogens with zero attached hydrogens (tertiary/aromatic N) is 1. The molecule has 0 spiro atoms. The number of hydrogen-bond donors (Lipinski definition) is 2. The number of imide groups is 1. The summed E-state index contributed by atoms with van der Waals surface area (Å²) in [6, 6.07) is -0.788. The number of rotatable bonds is 4. The van der Waals surface area contributed by atoms with E-state index in [1.54, 1.807) is 13.8 Å². The fourth-order valence-electron chi connectivity index (χ4n) is 3.12. The Morgan fingerprint density at radius 3 is 2.52 bits per heavy atom. The largest absolute Gasteiger partial charge is 0.344 e. The smallest absolute Gasteiger partial charge is 0.252 e. The number of carbonyl (C=O) groups is 3. The van der Waals surface area contributed by atoms with E-state index in [-0.39, 0.29) is 54.6 Å². The summed E-state index contributed by atoms with van der Waals surface area (Å²) < 4.78 is 0. The second-order valence-corrected chi connectivity index (χ2v) is 6.08. The molecule has 2 fully saturated rings. The normalized spacial score (nSPS) is 29.0. The van der Waals surface area contributed by atoms with E-state index in [1.165, 1.54) is 4.90 Å². The van der Waals surface area contributed by atoms with Crippen molar-refractivity contribution in [3.8, 4) is 0 Å². The molecule has 1 aliphatic heterocycles. The van der Waals surface area contributed by atoms with Gasteiger partial charge >= 0.3 is 0 Å². The fourth-order valence-corrected chi connectivity index (χ4v) is 3.12. The molecule has 120 valence electrons. The van der Waals surface area contributed by atoms with Crippen LogP contribution >= 0.6 is 12.4 Å². The number of halogens is 1. The highest BCUT2D eigenvalue weighted by Crippen LogP contribution is 2.27. The first kappa shape index (κ1) is 17.9. The zero-order chi connectivity index (χ0) is 14.9. The summed E-state index contributed by atoms with van der Waals surface area (Å²) in [5, 5.41) is 2.68. The lowest BCUT2D eigenvalue weighted by Crippen LogP contribution is -2.44. The van der Waals surface area contributed by atoms with Gasteiger partial charge in [-0.05, 0) is 32.6 Å². The van der Waals surface area contributed by atoms with E-state index in [2.05, 4.69) is 5.32 Å². The van der Waals surface area contributed by atoms with Crippen LogP contribution < -0.4 is 11.1 Å². The maximum Gasteiger partial charge on any atom is 0.252 e. The third-order valence-electron chi connectivity index (χ3n) is 4.20. The van der Waals surface area contributed by atoms with E-state index in [0.29, 0.717) is 6.42 Å². The molecule has 0 aromatic carbocycles. The molecule has 1 unspecified atom stereocenters. The SMILES string of the molecule is CC(C)N1C(=O)CC(NC(=O)C[C@@H]2CCC[C@H]2N)C1=O.Cl. The van der Waals surface area contributed by atoms with Gasteiger partial charge in [0.2, 0.25) is 11.8 Å². The Kier molecular flexibility index (Phi) is 6.16. The number of hydrogen-bond acceptors (Lipinski definition) is 4. The molecule has 0 bridgehead atoms. The monoisotopic (exact) mass is 317 g/mol. The predicted molar refractivity (Wildman–Crippen MR) is 80.7 cm³/mol. The van der Waals surface area contributed by atoms with E-state index in [4.69, 9.17) is 5.73 Å². The predicted octanol–water partition coefficient (Wildman–Crippen LogP) is 0.578. The lowest BCUT2D eigenvalue weighted by Gasteiger charge is -2.20. The molecule has 2 aliphatic rings. The second-order valence-electron chi connectivity index (χ2n) is 6.08. The number of nitrogens with one attached hydrogen (secondary N) is 1. The summed E-state index contributed by atoms with van der Waals surface area (Å²) in [6.45, 7) is 3.58. The molecule has 7 heteroatoms. The van der Waals surface area contributed by atoms with Gasteiger partial charge in [-0.25, -0.2) is 0 Å². The first-order chi connectivity index (χ1) is 9.40. The van der Waals surface area contributed by atoms with Crippen molar-refractivity contribution in [1.29, 1.82) is 0 Å². The van der Waals surface area contributed by atoms with E-state index in [0.717, 1.165) is 19.3 Å². The maximum atomic E-state index is 12.1. The molecule has 21 heavy (non-hydrogen) atoms. The highest BCUT2D eigenvalue weighted by molar-refractivity contribution is 6.07. The van der Waals surface area contributed by atoms with Crippen LogP contribution in [0.5, 0.6) is 0 Å². The van der Waals surface area contributed by atoms with Crippen molar-refractivity contribution in [3.63, 3.8) is 0 Å². The molecule has 3 N–H and O–H groups in total. The summed E-state index contributed by atoms with van der Waals surface area (Å²) in [5.41, 5.74) is 5.94. The molecule has 3 atom stereocenters. The van der Waals surface area contributed by atoms with Crippen LogP contribution in [0.3, 0.4) is 0 Å². The topological polar surface area (TPSA) is 92.5 Å². The van der Waals surface area contributed by atoms with Crippen LogP contribution in [0.4, 0.5) is 0 Å². The van der Waals surface area contributed by atoms with Gasteiger partial charge in [0, 0.05) is 18.5 Å². The van der Waals surface area contributed by atoms with E-state index in [1.807, 2.05) is 0 Å². The molecule has 1 aliphatic carbocycles. The lowest BCUT2D eigenvalue weighted by atomic mass is 9.99. The van der Waals surface area contributed by atoms with Crippen LogP contribution in [0, 0.1) is 5.92 Å². The minimum atomic E-state index is -0.699. The molecular formula is C14H24ClN3O3. The van der Waals surface area contributed by atoms with Crippen molar-refractivity contribution in [2.75, 3.05) is 0 Å². The Balaban J connectivity index is 0.00000220. The lowest BCUT2D eigenvalue weighted by molar-refractivity contribution is -0.141. The molecule has 1 heterocycles. The van der Waals surface area contributed by atoms with Gasteiger partial charge in [0.05, 0.1) is 6.42 Å². The number of carbonyl (C=O) groups excluding carboxylic acids is 3. The van der Waals surface area contributed by atoms with Crippen molar-refractivity contribution < 1.29 is 14.4 Å². The third-order valence-corrected chi connectivity index (χ3v) is 4.20. The molecule has 0 aromatic heterocycles. The van der Waals surface area contributed by atoms with Crippen LogP contribution in [0.1, 0.15) is 46.0 Å². The number of amides is 3. The van der Waals surface area contributed by atoms with Gasteiger partial charge in [-0.2, -0.15) is 0 Å². The molecule has 2 rings (SSSR count). The standard InChI is InChI=1S/C14H23N3O3.ClH/c1-8(2)17-13(19)7-11(14(17)20)16-12(18)6-9-4-3-5-10(9)15;/h8-11H,3-7,15H2,1-2H3,(H,16,18);1H/t9-,10+,11?;/m0./s1. The Morgan fingerprint density at radius 2 is 2.05 bits per heavy atom.